The molecule has 0 aliphatic carbocycles. The van der Waals surface area contributed by atoms with Crippen molar-refractivity contribution in [3.05, 3.63) is 22.4 Å². The molecule has 1 heterocycles. The van der Waals surface area contributed by atoms with E-state index in [1.807, 2.05) is 32.2 Å². The Morgan fingerprint density at radius 1 is 1.24 bits per heavy atom. The van der Waals surface area contributed by atoms with Crippen LogP contribution >= 0.6 is 11.3 Å². The van der Waals surface area contributed by atoms with Gasteiger partial charge in [-0.3, -0.25) is 14.4 Å². The number of nitrogens with one attached hydrogen (secondary N) is 1. The molecule has 1 aromatic rings. The number of likely N-dealkylation sites (N-methyl/N-ethyl adjacent to an activating group) is 1. The Kier molecular flexibility index (Phi) is 6.08. The van der Waals surface area contributed by atoms with E-state index in [9.17, 15) is 14.4 Å². The number of carbonyl (C=O) groups is 3. The highest BCUT2D eigenvalue weighted by molar-refractivity contribution is 7.12. The zero-order chi connectivity index (χ0) is 16.0. The fourth-order valence-corrected chi connectivity index (χ4v) is 2.43. The average Bonchev–Trinajstić information content (AvgIpc) is 2.86. The van der Waals surface area contributed by atoms with Crippen molar-refractivity contribution in [2.75, 3.05) is 13.6 Å². The molecule has 0 unspecified atom stereocenters. The number of hydrogen-bond donors (Lipinski definition) is 1. The summed E-state index contributed by atoms with van der Waals surface area (Å²) in [6.45, 7) is 5.65. The molecule has 116 valence electrons. The lowest BCUT2D eigenvalue weighted by Gasteiger charge is -2.23. The van der Waals surface area contributed by atoms with Gasteiger partial charge in [-0.25, -0.2) is 0 Å². The number of hydrogen-bond acceptors (Lipinski definition) is 4. The van der Waals surface area contributed by atoms with Gasteiger partial charge in [-0.15, -0.1) is 11.3 Å². The van der Waals surface area contributed by atoms with Crippen molar-refractivity contribution in [2.24, 2.45) is 0 Å². The lowest BCUT2D eigenvalue weighted by Crippen LogP contribution is -2.46. The maximum Gasteiger partial charge on any atom is 0.240 e. The van der Waals surface area contributed by atoms with Crippen LogP contribution in [0.25, 0.3) is 0 Å². The Labute approximate surface area is 129 Å². The van der Waals surface area contributed by atoms with Crippen LogP contribution in [0.2, 0.25) is 0 Å². The second-order valence-electron chi connectivity index (χ2n) is 5.95. The van der Waals surface area contributed by atoms with Crippen molar-refractivity contribution in [1.29, 1.82) is 0 Å². The van der Waals surface area contributed by atoms with E-state index < -0.39 is 0 Å². The van der Waals surface area contributed by atoms with Crippen LogP contribution in [0.3, 0.4) is 0 Å². The monoisotopic (exact) mass is 310 g/mol. The van der Waals surface area contributed by atoms with E-state index in [0.717, 1.165) is 0 Å². The van der Waals surface area contributed by atoms with Gasteiger partial charge in [0.2, 0.25) is 11.8 Å². The molecule has 0 saturated carbocycles. The summed E-state index contributed by atoms with van der Waals surface area (Å²) in [7, 11) is 1.57. The van der Waals surface area contributed by atoms with Gasteiger partial charge in [0.25, 0.3) is 0 Å². The Balaban J connectivity index is 2.38. The molecule has 0 aromatic carbocycles. The highest BCUT2D eigenvalue weighted by Gasteiger charge is 2.18. The topological polar surface area (TPSA) is 66.5 Å². The van der Waals surface area contributed by atoms with E-state index in [1.165, 1.54) is 16.2 Å². The largest absolute Gasteiger partial charge is 0.350 e. The van der Waals surface area contributed by atoms with Crippen LogP contribution in [-0.2, 0) is 9.59 Å². The highest BCUT2D eigenvalue weighted by atomic mass is 32.1. The minimum absolute atomic E-state index is 0.00327. The van der Waals surface area contributed by atoms with Crippen LogP contribution in [0.15, 0.2) is 17.5 Å². The number of carbonyl (C=O) groups excluding carboxylic acids is 3. The SMILES string of the molecule is CN(CC(=O)NC(C)(C)C)C(=O)CCC(=O)c1cccs1. The van der Waals surface area contributed by atoms with Crippen molar-refractivity contribution >= 4 is 28.9 Å². The van der Waals surface area contributed by atoms with Gasteiger partial charge < -0.3 is 10.2 Å². The van der Waals surface area contributed by atoms with Crippen molar-refractivity contribution in [2.45, 2.75) is 39.2 Å². The van der Waals surface area contributed by atoms with E-state index in [4.69, 9.17) is 0 Å². The number of rotatable bonds is 6. The molecule has 0 atom stereocenters. The molecule has 1 rings (SSSR count). The molecule has 0 spiro atoms. The van der Waals surface area contributed by atoms with Gasteiger partial charge in [0, 0.05) is 25.4 Å². The molecule has 0 radical (unpaired) electrons. The molecule has 0 saturated heterocycles. The summed E-state index contributed by atoms with van der Waals surface area (Å²) in [5.74, 6) is -0.446. The summed E-state index contributed by atoms with van der Waals surface area (Å²) in [6.07, 6.45) is 0.292. The molecule has 21 heavy (non-hydrogen) atoms. The van der Waals surface area contributed by atoms with Crippen LogP contribution in [0, 0.1) is 0 Å². The Bertz CT molecular complexity index is 503. The molecule has 0 fully saturated rings. The number of amides is 2. The number of thiophene rings is 1. The summed E-state index contributed by atoms with van der Waals surface area (Å²) in [5, 5.41) is 4.63. The lowest BCUT2D eigenvalue weighted by molar-refractivity contribution is -0.135. The fraction of sp³-hybridized carbons (Fsp3) is 0.533. The van der Waals surface area contributed by atoms with Gasteiger partial charge in [0.05, 0.1) is 11.4 Å². The minimum atomic E-state index is -0.323. The van der Waals surface area contributed by atoms with Crippen LogP contribution < -0.4 is 5.32 Å². The van der Waals surface area contributed by atoms with Gasteiger partial charge in [-0.05, 0) is 32.2 Å². The summed E-state index contributed by atoms with van der Waals surface area (Å²) in [6, 6.07) is 3.56. The third-order valence-corrected chi connectivity index (χ3v) is 3.59. The summed E-state index contributed by atoms with van der Waals surface area (Å²) >= 11 is 1.37. The zero-order valence-electron chi connectivity index (χ0n) is 12.9. The summed E-state index contributed by atoms with van der Waals surface area (Å²) in [4.78, 5) is 37.5. The molecule has 2 amide bonds. The molecule has 5 nitrogen and oxygen atoms in total. The van der Waals surface area contributed by atoms with E-state index in [0.29, 0.717) is 4.88 Å². The summed E-state index contributed by atoms with van der Waals surface area (Å²) < 4.78 is 0. The maximum absolute atomic E-state index is 11.9. The van der Waals surface area contributed by atoms with E-state index in [1.54, 1.807) is 13.1 Å². The van der Waals surface area contributed by atoms with Crippen LogP contribution in [0.4, 0.5) is 0 Å². The number of nitrogens with zero attached hydrogens (tertiary/aromatic N) is 1. The Morgan fingerprint density at radius 3 is 2.43 bits per heavy atom. The van der Waals surface area contributed by atoms with Gasteiger partial charge in [-0.2, -0.15) is 0 Å². The van der Waals surface area contributed by atoms with Crippen molar-refractivity contribution in [3.8, 4) is 0 Å². The van der Waals surface area contributed by atoms with Gasteiger partial charge in [0.1, 0.15) is 0 Å². The highest BCUT2D eigenvalue weighted by Crippen LogP contribution is 2.12. The molecule has 6 heteroatoms. The zero-order valence-corrected chi connectivity index (χ0v) is 13.8. The smallest absolute Gasteiger partial charge is 0.240 e. The summed E-state index contributed by atoms with van der Waals surface area (Å²) in [5.41, 5.74) is -0.323. The van der Waals surface area contributed by atoms with Crippen LogP contribution in [0.5, 0.6) is 0 Å². The minimum Gasteiger partial charge on any atom is -0.350 e. The second-order valence-corrected chi connectivity index (χ2v) is 6.90. The van der Waals surface area contributed by atoms with E-state index in [-0.39, 0.29) is 42.5 Å². The standard InChI is InChI=1S/C15H22N2O3S/c1-15(2,3)16-13(19)10-17(4)14(20)8-7-11(18)12-6-5-9-21-12/h5-6,9H,7-8,10H2,1-4H3,(H,16,19). The quantitative estimate of drug-likeness (QED) is 0.818. The number of ketones is 1. The van der Waals surface area contributed by atoms with Gasteiger partial charge >= 0.3 is 0 Å². The van der Waals surface area contributed by atoms with Gasteiger partial charge in [0.15, 0.2) is 5.78 Å². The molecule has 1 aromatic heterocycles. The van der Waals surface area contributed by atoms with Crippen LogP contribution in [0.1, 0.15) is 43.3 Å². The van der Waals surface area contributed by atoms with Crippen molar-refractivity contribution in [1.82, 2.24) is 10.2 Å². The normalized spacial score (nSPS) is 11.0. The first-order chi connectivity index (χ1) is 9.69. The maximum atomic E-state index is 11.9. The number of Topliss-reactive ketones (excluding diaryl/α,β-unsaturated/α-hetero) is 1. The van der Waals surface area contributed by atoms with Crippen molar-refractivity contribution in [3.63, 3.8) is 0 Å². The fourth-order valence-electron chi connectivity index (χ4n) is 1.73. The molecular formula is C15H22N2O3S. The first kappa shape index (κ1) is 17.4. The Hall–Kier alpha value is -1.69. The third-order valence-electron chi connectivity index (χ3n) is 2.68. The molecule has 0 bridgehead atoms. The predicted octanol–water partition coefficient (Wildman–Crippen LogP) is 2.08. The predicted molar refractivity (Wildman–Crippen MR) is 83.4 cm³/mol. The lowest BCUT2D eigenvalue weighted by atomic mass is 10.1. The van der Waals surface area contributed by atoms with E-state index in [2.05, 4.69) is 5.32 Å². The second kappa shape index (κ2) is 7.36. The van der Waals surface area contributed by atoms with E-state index >= 15 is 0 Å². The molecule has 1 N–H and O–H groups in total. The molecule has 0 aliphatic heterocycles. The molecular weight excluding hydrogens is 288 g/mol. The average molecular weight is 310 g/mol. The first-order valence-corrected chi connectivity index (χ1v) is 7.68. The Morgan fingerprint density at radius 2 is 1.90 bits per heavy atom. The first-order valence-electron chi connectivity index (χ1n) is 6.81. The van der Waals surface area contributed by atoms with Crippen LogP contribution in [-0.4, -0.2) is 41.6 Å². The third kappa shape index (κ3) is 6.53. The van der Waals surface area contributed by atoms with Gasteiger partial charge in [-0.1, -0.05) is 6.07 Å². The molecule has 0 aliphatic rings. The van der Waals surface area contributed by atoms with Crippen molar-refractivity contribution < 1.29 is 14.4 Å².